The highest BCUT2D eigenvalue weighted by Crippen LogP contribution is 2.32. The Morgan fingerprint density at radius 3 is 2.90 bits per heavy atom. The van der Waals surface area contributed by atoms with E-state index in [-0.39, 0.29) is 6.04 Å². The zero-order chi connectivity index (χ0) is 14.8. The van der Waals surface area contributed by atoms with Crippen molar-refractivity contribution in [3.8, 4) is 0 Å². The number of benzene rings is 1. The predicted octanol–water partition coefficient (Wildman–Crippen LogP) is 2.70. The Labute approximate surface area is 127 Å². The molecule has 0 saturated carbocycles. The Hall–Kier alpha value is -1.92. The molecule has 21 heavy (non-hydrogen) atoms. The van der Waals surface area contributed by atoms with Crippen molar-refractivity contribution < 1.29 is 0 Å². The third-order valence-electron chi connectivity index (χ3n) is 3.19. The van der Waals surface area contributed by atoms with E-state index in [9.17, 15) is 0 Å². The van der Waals surface area contributed by atoms with Crippen LogP contribution in [-0.4, -0.2) is 26.0 Å². The largest absolute Gasteiger partial charge is 0.341 e. The average molecular weight is 299 g/mol. The molecule has 3 N–H and O–H groups in total. The van der Waals surface area contributed by atoms with Gasteiger partial charge in [-0.15, -0.1) is 0 Å². The van der Waals surface area contributed by atoms with Crippen LogP contribution in [0.3, 0.4) is 0 Å². The lowest BCUT2D eigenvalue weighted by atomic mass is 10.1. The number of aryl methyl sites for hydroxylation is 1. The standard InChI is InChI=1S/C15H17N5S/c1-9-5-11(6-10(2)16)3-4-12(9)21-15-13-14(18-7-17-13)19-8-20-15/h3-5,7-8,10H,6,16H2,1-2H3,(H,17,18,19,20). The number of aromatic nitrogens is 4. The van der Waals surface area contributed by atoms with Crippen LogP contribution in [0.2, 0.25) is 0 Å². The Bertz CT molecular complexity index is 766. The fourth-order valence-electron chi connectivity index (χ4n) is 2.25. The number of rotatable bonds is 4. The first-order chi connectivity index (χ1) is 10.1. The Morgan fingerprint density at radius 2 is 2.14 bits per heavy atom. The van der Waals surface area contributed by atoms with Gasteiger partial charge in [0.15, 0.2) is 5.65 Å². The monoisotopic (exact) mass is 299 g/mol. The van der Waals surface area contributed by atoms with Crippen LogP contribution >= 0.6 is 11.8 Å². The number of H-pyrrole nitrogens is 1. The molecule has 6 heteroatoms. The summed E-state index contributed by atoms with van der Waals surface area (Å²) in [5, 5.41) is 0.889. The average Bonchev–Trinajstić information content (AvgIpc) is 2.90. The van der Waals surface area contributed by atoms with Crippen molar-refractivity contribution >= 4 is 22.9 Å². The van der Waals surface area contributed by atoms with Crippen molar-refractivity contribution in [3.63, 3.8) is 0 Å². The molecule has 0 aliphatic carbocycles. The summed E-state index contributed by atoms with van der Waals surface area (Å²) in [7, 11) is 0. The molecule has 3 rings (SSSR count). The fourth-order valence-corrected chi connectivity index (χ4v) is 3.17. The Morgan fingerprint density at radius 1 is 1.29 bits per heavy atom. The molecule has 0 amide bonds. The number of nitrogens with two attached hydrogens (primary N) is 1. The van der Waals surface area contributed by atoms with Gasteiger partial charge in [0, 0.05) is 10.9 Å². The number of fused-ring (bicyclic) bond motifs is 1. The minimum atomic E-state index is 0.175. The molecule has 0 aliphatic rings. The van der Waals surface area contributed by atoms with Gasteiger partial charge in [-0.2, -0.15) is 0 Å². The molecule has 0 aliphatic heterocycles. The summed E-state index contributed by atoms with van der Waals surface area (Å²) >= 11 is 1.62. The Kier molecular flexibility index (Phi) is 3.90. The molecule has 0 saturated heterocycles. The molecular weight excluding hydrogens is 282 g/mol. The number of nitrogens with one attached hydrogen (secondary N) is 1. The van der Waals surface area contributed by atoms with Gasteiger partial charge >= 0.3 is 0 Å². The zero-order valence-corrected chi connectivity index (χ0v) is 12.8. The van der Waals surface area contributed by atoms with E-state index in [0.29, 0.717) is 5.65 Å². The van der Waals surface area contributed by atoms with Crippen molar-refractivity contribution in [3.05, 3.63) is 42.0 Å². The summed E-state index contributed by atoms with van der Waals surface area (Å²) in [5.41, 5.74) is 9.91. The summed E-state index contributed by atoms with van der Waals surface area (Å²) in [6.45, 7) is 4.13. The fraction of sp³-hybridized carbons (Fsp3) is 0.267. The summed E-state index contributed by atoms with van der Waals surface area (Å²) < 4.78 is 0. The maximum atomic E-state index is 5.85. The van der Waals surface area contributed by atoms with Crippen molar-refractivity contribution in [2.75, 3.05) is 0 Å². The molecule has 108 valence electrons. The minimum absolute atomic E-state index is 0.175. The maximum absolute atomic E-state index is 5.85. The molecule has 1 aromatic carbocycles. The van der Waals surface area contributed by atoms with Gasteiger partial charge in [0.25, 0.3) is 0 Å². The van der Waals surface area contributed by atoms with E-state index >= 15 is 0 Å². The molecule has 0 radical (unpaired) electrons. The van der Waals surface area contributed by atoms with Crippen molar-refractivity contribution in [1.82, 2.24) is 19.9 Å². The first kappa shape index (κ1) is 14.0. The van der Waals surface area contributed by atoms with Crippen LogP contribution in [0.4, 0.5) is 0 Å². The smallest absolute Gasteiger partial charge is 0.181 e. The second-order valence-corrected chi connectivity index (χ2v) is 6.19. The highest BCUT2D eigenvalue weighted by Gasteiger charge is 2.10. The maximum Gasteiger partial charge on any atom is 0.181 e. The molecule has 1 unspecified atom stereocenters. The predicted molar refractivity (Wildman–Crippen MR) is 84.3 cm³/mol. The minimum Gasteiger partial charge on any atom is -0.341 e. The van der Waals surface area contributed by atoms with Gasteiger partial charge < -0.3 is 10.7 Å². The summed E-state index contributed by atoms with van der Waals surface area (Å²) in [6.07, 6.45) is 4.08. The number of aromatic amines is 1. The number of hydrogen-bond donors (Lipinski definition) is 2. The van der Waals surface area contributed by atoms with Crippen LogP contribution in [0.1, 0.15) is 18.1 Å². The van der Waals surface area contributed by atoms with Crippen LogP contribution in [-0.2, 0) is 6.42 Å². The molecule has 1 atom stereocenters. The van der Waals surface area contributed by atoms with Gasteiger partial charge in [-0.05, 0) is 37.5 Å². The lowest BCUT2D eigenvalue weighted by Crippen LogP contribution is -2.17. The topological polar surface area (TPSA) is 80.5 Å². The first-order valence-corrected chi connectivity index (χ1v) is 7.62. The second-order valence-electron chi connectivity index (χ2n) is 5.16. The lowest BCUT2D eigenvalue weighted by molar-refractivity contribution is 0.737. The van der Waals surface area contributed by atoms with E-state index in [1.54, 1.807) is 24.4 Å². The van der Waals surface area contributed by atoms with Gasteiger partial charge in [0.05, 0.1) is 6.33 Å². The van der Waals surface area contributed by atoms with E-state index in [4.69, 9.17) is 5.73 Å². The van der Waals surface area contributed by atoms with Crippen LogP contribution in [0.25, 0.3) is 11.2 Å². The van der Waals surface area contributed by atoms with Crippen LogP contribution in [0.5, 0.6) is 0 Å². The normalized spacial score (nSPS) is 12.7. The van der Waals surface area contributed by atoms with Crippen LogP contribution in [0.15, 0.2) is 40.8 Å². The van der Waals surface area contributed by atoms with Gasteiger partial charge in [0.2, 0.25) is 0 Å². The summed E-state index contributed by atoms with van der Waals surface area (Å²) in [4.78, 5) is 16.9. The molecule has 0 bridgehead atoms. The van der Waals surface area contributed by atoms with Gasteiger partial charge in [-0.3, -0.25) is 0 Å². The lowest BCUT2D eigenvalue weighted by Gasteiger charge is -2.10. The molecule has 5 nitrogen and oxygen atoms in total. The van der Waals surface area contributed by atoms with E-state index < -0.39 is 0 Å². The zero-order valence-electron chi connectivity index (χ0n) is 12.0. The number of hydrogen-bond acceptors (Lipinski definition) is 5. The van der Waals surface area contributed by atoms with Crippen LogP contribution in [0, 0.1) is 6.92 Å². The van der Waals surface area contributed by atoms with Crippen molar-refractivity contribution in [1.29, 1.82) is 0 Å². The van der Waals surface area contributed by atoms with Gasteiger partial charge in [-0.25, -0.2) is 15.0 Å². The van der Waals surface area contributed by atoms with Crippen LogP contribution < -0.4 is 5.73 Å². The van der Waals surface area contributed by atoms with E-state index in [1.807, 2.05) is 6.92 Å². The highest BCUT2D eigenvalue weighted by molar-refractivity contribution is 7.99. The Balaban J connectivity index is 1.89. The number of nitrogens with zero attached hydrogens (tertiary/aromatic N) is 3. The van der Waals surface area contributed by atoms with Gasteiger partial charge in [-0.1, -0.05) is 23.9 Å². The van der Waals surface area contributed by atoms with E-state index in [1.165, 1.54) is 16.0 Å². The molecule has 0 spiro atoms. The first-order valence-electron chi connectivity index (χ1n) is 6.80. The summed E-state index contributed by atoms with van der Waals surface area (Å²) in [6, 6.07) is 6.62. The third kappa shape index (κ3) is 3.06. The third-order valence-corrected chi connectivity index (χ3v) is 4.37. The molecule has 3 aromatic rings. The van der Waals surface area contributed by atoms with Gasteiger partial charge in [0.1, 0.15) is 16.9 Å². The van der Waals surface area contributed by atoms with E-state index in [2.05, 4.69) is 45.1 Å². The summed E-state index contributed by atoms with van der Waals surface area (Å²) in [5.74, 6) is 0. The quantitative estimate of drug-likeness (QED) is 0.724. The molecule has 0 fully saturated rings. The molecule has 2 aromatic heterocycles. The second kappa shape index (κ2) is 5.83. The highest BCUT2D eigenvalue weighted by atomic mass is 32.2. The molecule has 2 heterocycles. The van der Waals surface area contributed by atoms with Crippen molar-refractivity contribution in [2.45, 2.75) is 36.2 Å². The van der Waals surface area contributed by atoms with Crippen molar-refractivity contribution in [2.24, 2.45) is 5.73 Å². The SMILES string of the molecule is Cc1cc(CC(C)N)ccc1Sc1ncnc2nc[nH]c12. The number of imidazole rings is 1. The van der Waals surface area contributed by atoms with E-state index in [0.717, 1.165) is 17.0 Å². The molecular formula is C15H17N5S.